The number of hydrogen-bond acceptors (Lipinski definition) is 4. The first kappa shape index (κ1) is 15.4. The zero-order chi connectivity index (χ0) is 16.6. The molecular weight excluding hydrogens is 288 g/mol. The summed E-state index contributed by atoms with van der Waals surface area (Å²) in [6.45, 7) is 2.48. The summed E-state index contributed by atoms with van der Waals surface area (Å²) in [5, 5.41) is 19.1. The van der Waals surface area contributed by atoms with Crippen molar-refractivity contribution in [3.8, 4) is 0 Å². The predicted molar refractivity (Wildman–Crippen MR) is 77.9 cm³/mol. The van der Waals surface area contributed by atoms with Gasteiger partial charge < -0.3 is 10.2 Å². The number of carboxylic acid groups (broad SMARTS) is 2. The van der Waals surface area contributed by atoms with E-state index in [9.17, 15) is 29.4 Å². The lowest BCUT2D eigenvalue weighted by atomic mass is 9.94. The summed E-state index contributed by atoms with van der Waals surface area (Å²) in [5.74, 6) is -3.41. The van der Waals surface area contributed by atoms with Crippen LogP contribution in [0.3, 0.4) is 0 Å². The average Bonchev–Trinajstić information content (AvgIpc) is 2.43. The van der Waals surface area contributed by atoms with Gasteiger partial charge in [-0.15, -0.1) is 0 Å². The number of Topliss-reactive ketones (excluding diaryl/α,β-unsaturated/α-hetero) is 2. The van der Waals surface area contributed by atoms with E-state index < -0.39 is 23.5 Å². The van der Waals surface area contributed by atoms with E-state index in [1.807, 2.05) is 0 Å². The molecule has 0 bridgehead atoms. The van der Waals surface area contributed by atoms with E-state index in [1.165, 1.54) is 38.1 Å². The molecule has 0 amide bonds. The number of fused-ring (bicyclic) bond motifs is 1. The molecule has 0 aliphatic carbocycles. The maximum Gasteiger partial charge on any atom is 0.336 e. The number of benzene rings is 2. The van der Waals surface area contributed by atoms with Gasteiger partial charge in [0.1, 0.15) is 0 Å². The van der Waals surface area contributed by atoms with E-state index in [2.05, 4.69) is 0 Å². The minimum absolute atomic E-state index is 0.0116. The topological polar surface area (TPSA) is 109 Å². The van der Waals surface area contributed by atoms with Gasteiger partial charge in [-0.25, -0.2) is 9.59 Å². The minimum atomic E-state index is -1.28. The maximum atomic E-state index is 11.6. The van der Waals surface area contributed by atoms with E-state index >= 15 is 0 Å². The number of rotatable bonds is 4. The van der Waals surface area contributed by atoms with Crippen LogP contribution >= 0.6 is 0 Å². The molecule has 2 aromatic carbocycles. The monoisotopic (exact) mass is 300 g/mol. The van der Waals surface area contributed by atoms with Crippen molar-refractivity contribution < 1.29 is 29.4 Å². The van der Waals surface area contributed by atoms with Gasteiger partial charge in [-0.1, -0.05) is 0 Å². The Morgan fingerprint density at radius 2 is 0.909 bits per heavy atom. The van der Waals surface area contributed by atoms with Crippen LogP contribution in [0.4, 0.5) is 0 Å². The lowest BCUT2D eigenvalue weighted by molar-refractivity contribution is 0.0684. The summed E-state index contributed by atoms with van der Waals surface area (Å²) < 4.78 is 0. The second-order valence-electron chi connectivity index (χ2n) is 4.87. The van der Waals surface area contributed by atoms with Crippen LogP contribution in [-0.4, -0.2) is 33.7 Å². The molecule has 0 atom stereocenters. The summed E-state index contributed by atoms with van der Waals surface area (Å²) in [7, 11) is 0. The minimum Gasteiger partial charge on any atom is -0.478 e. The first-order valence-corrected chi connectivity index (χ1v) is 6.32. The molecule has 0 aromatic heterocycles. The van der Waals surface area contributed by atoms with Crippen molar-refractivity contribution >= 4 is 34.3 Å². The Labute approximate surface area is 125 Å². The molecule has 0 fully saturated rings. The van der Waals surface area contributed by atoms with Crippen LogP contribution in [0.1, 0.15) is 55.3 Å². The van der Waals surface area contributed by atoms with Gasteiger partial charge in [0.15, 0.2) is 11.6 Å². The molecule has 0 heterocycles. The summed E-state index contributed by atoms with van der Waals surface area (Å²) in [4.78, 5) is 45.7. The number of hydrogen-bond donors (Lipinski definition) is 2. The normalized spacial score (nSPS) is 10.5. The van der Waals surface area contributed by atoms with E-state index in [0.29, 0.717) is 10.8 Å². The molecule has 6 nitrogen and oxygen atoms in total. The molecule has 6 heteroatoms. The van der Waals surface area contributed by atoms with Crippen molar-refractivity contribution in [3.05, 3.63) is 46.5 Å². The lowest BCUT2D eigenvalue weighted by Gasteiger charge is -2.09. The Hall–Kier alpha value is -3.02. The van der Waals surface area contributed by atoms with Gasteiger partial charge >= 0.3 is 11.9 Å². The Morgan fingerprint density at radius 3 is 1.14 bits per heavy atom. The summed E-state index contributed by atoms with van der Waals surface area (Å²) in [6, 6.07) is 5.20. The zero-order valence-corrected chi connectivity index (χ0v) is 11.8. The standard InChI is InChI=1S/C16H12O6/c1-7(17)11-3-9-4-12(8(2)18)14(16(21)22)6-10(9)5-13(11)15(19)20/h3-6H,1-2H3,(H,19,20)(H,21,22). The molecule has 0 saturated carbocycles. The van der Waals surface area contributed by atoms with E-state index in [4.69, 9.17) is 0 Å². The fraction of sp³-hybridized carbons (Fsp3) is 0.125. The fourth-order valence-corrected chi connectivity index (χ4v) is 2.29. The first-order chi connectivity index (χ1) is 10.2. The maximum absolute atomic E-state index is 11.6. The van der Waals surface area contributed by atoms with Crippen molar-refractivity contribution in [2.24, 2.45) is 0 Å². The number of ketones is 2. The van der Waals surface area contributed by atoms with Gasteiger partial charge in [0, 0.05) is 11.1 Å². The van der Waals surface area contributed by atoms with Gasteiger partial charge in [0.05, 0.1) is 11.1 Å². The van der Waals surface area contributed by atoms with Gasteiger partial charge in [-0.2, -0.15) is 0 Å². The highest BCUT2D eigenvalue weighted by Crippen LogP contribution is 2.25. The predicted octanol–water partition coefficient (Wildman–Crippen LogP) is 2.64. The van der Waals surface area contributed by atoms with Crippen LogP contribution in [0.15, 0.2) is 24.3 Å². The molecule has 0 spiro atoms. The molecule has 2 aromatic rings. The molecule has 0 radical (unpaired) electrons. The largest absolute Gasteiger partial charge is 0.478 e. The molecule has 2 rings (SSSR count). The van der Waals surface area contributed by atoms with Crippen LogP contribution in [0.25, 0.3) is 10.8 Å². The van der Waals surface area contributed by atoms with Crippen LogP contribution in [0.2, 0.25) is 0 Å². The van der Waals surface area contributed by atoms with Crippen LogP contribution in [0, 0.1) is 0 Å². The Morgan fingerprint density at radius 1 is 0.636 bits per heavy atom. The molecule has 2 N–H and O–H groups in total. The lowest BCUT2D eigenvalue weighted by Crippen LogP contribution is -2.09. The fourth-order valence-electron chi connectivity index (χ4n) is 2.29. The molecule has 22 heavy (non-hydrogen) atoms. The van der Waals surface area contributed by atoms with Gasteiger partial charge in [-0.3, -0.25) is 9.59 Å². The van der Waals surface area contributed by atoms with Crippen molar-refractivity contribution in [2.45, 2.75) is 13.8 Å². The highest BCUT2D eigenvalue weighted by Gasteiger charge is 2.19. The molecule has 0 aliphatic rings. The summed E-state index contributed by atoms with van der Waals surface area (Å²) >= 11 is 0. The van der Waals surface area contributed by atoms with Crippen molar-refractivity contribution in [1.82, 2.24) is 0 Å². The second-order valence-corrected chi connectivity index (χ2v) is 4.87. The Kier molecular flexibility index (Phi) is 3.77. The highest BCUT2D eigenvalue weighted by atomic mass is 16.4. The molecule has 0 saturated heterocycles. The number of carboxylic acids is 2. The average molecular weight is 300 g/mol. The third-order valence-corrected chi connectivity index (χ3v) is 3.33. The van der Waals surface area contributed by atoms with Crippen molar-refractivity contribution in [1.29, 1.82) is 0 Å². The van der Waals surface area contributed by atoms with Gasteiger partial charge in [0.2, 0.25) is 0 Å². The zero-order valence-electron chi connectivity index (χ0n) is 11.8. The first-order valence-electron chi connectivity index (χ1n) is 6.32. The molecule has 0 unspecified atom stereocenters. The SMILES string of the molecule is CC(=O)c1cc2cc(C(C)=O)c(C(=O)O)cc2cc1C(=O)O. The van der Waals surface area contributed by atoms with Crippen LogP contribution in [-0.2, 0) is 0 Å². The van der Waals surface area contributed by atoms with E-state index in [-0.39, 0.29) is 22.3 Å². The summed E-state index contributed by atoms with van der Waals surface area (Å²) in [6.07, 6.45) is 0. The van der Waals surface area contributed by atoms with Crippen LogP contribution < -0.4 is 0 Å². The van der Waals surface area contributed by atoms with Gasteiger partial charge in [-0.05, 0) is 48.9 Å². The molecule has 0 aliphatic heterocycles. The third kappa shape index (κ3) is 2.58. The Bertz CT molecular complexity index is 710. The van der Waals surface area contributed by atoms with Gasteiger partial charge in [0.25, 0.3) is 0 Å². The summed E-state index contributed by atoms with van der Waals surface area (Å²) in [5.41, 5.74) is -0.381. The number of carbonyl (C=O) groups is 4. The molecular formula is C16H12O6. The van der Waals surface area contributed by atoms with Crippen LogP contribution in [0.5, 0.6) is 0 Å². The van der Waals surface area contributed by atoms with Crippen molar-refractivity contribution in [2.75, 3.05) is 0 Å². The number of carbonyl (C=O) groups excluding carboxylic acids is 2. The second kappa shape index (κ2) is 5.40. The molecule has 112 valence electrons. The quantitative estimate of drug-likeness (QED) is 0.840. The number of aromatic carboxylic acids is 2. The van der Waals surface area contributed by atoms with Crippen molar-refractivity contribution in [3.63, 3.8) is 0 Å². The smallest absolute Gasteiger partial charge is 0.336 e. The third-order valence-electron chi connectivity index (χ3n) is 3.33. The highest BCUT2D eigenvalue weighted by molar-refractivity contribution is 6.12. The Balaban J connectivity index is 2.90. The van der Waals surface area contributed by atoms with E-state index in [1.54, 1.807) is 0 Å². The van der Waals surface area contributed by atoms with E-state index in [0.717, 1.165) is 0 Å².